The van der Waals surface area contributed by atoms with E-state index in [0.717, 1.165) is 77.4 Å². The van der Waals surface area contributed by atoms with Crippen LogP contribution in [0.3, 0.4) is 0 Å². The number of para-hydroxylation sites is 4. The molecule has 6 aromatic carbocycles. The monoisotopic (exact) mass is 512 g/mol. The molecule has 3 nitrogen and oxygen atoms in total. The molecular weight excluding hydrogens is 491 g/mol. The number of fused-ring (bicyclic) bond motifs is 8. The van der Waals surface area contributed by atoms with Gasteiger partial charge in [0.2, 0.25) is 0 Å². The summed E-state index contributed by atoms with van der Waals surface area (Å²) in [7, 11) is 0. The molecule has 0 fully saturated rings. The molecule has 1 aliphatic rings. The van der Waals surface area contributed by atoms with Crippen molar-refractivity contribution < 1.29 is 13.6 Å². The smallest absolute Gasteiger partial charge is 0.251 e. The molecule has 2 aromatic heterocycles. The first-order valence-electron chi connectivity index (χ1n) is 13.6. The predicted molar refractivity (Wildman–Crippen MR) is 164 cm³/mol. The van der Waals surface area contributed by atoms with Crippen LogP contribution in [0.5, 0.6) is 11.5 Å². The lowest BCUT2D eigenvalue weighted by atomic mass is 9.35. The third-order valence-electron chi connectivity index (χ3n) is 8.23. The zero-order valence-corrected chi connectivity index (χ0v) is 21.4. The molecule has 0 unspecified atom stereocenters. The van der Waals surface area contributed by atoms with Crippen molar-refractivity contribution in [1.29, 1.82) is 0 Å². The van der Waals surface area contributed by atoms with Crippen LogP contribution in [0.2, 0.25) is 0 Å². The van der Waals surface area contributed by atoms with Gasteiger partial charge in [0.1, 0.15) is 33.8 Å². The minimum atomic E-state index is -0.0172. The van der Waals surface area contributed by atoms with Gasteiger partial charge in [-0.1, -0.05) is 103 Å². The van der Waals surface area contributed by atoms with Crippen LogP contribution in [0.4, 0.5) is 0 Å². The van der Waals surface area contributed by atoms with Crippen molar-refractivity contribution >= 4 is 67.0 Å². The minimum Gasteiger partial charge on any atom is -0.458 e. The topological polar surface area (TPSA) is 35.5 Å². The summed E-state index contributed by atoms with van der Waals surface area (Å²) in [6, 6.07) is 44.1. The van der Waals surface area contributed by atoms with Gasteiger partial charge >= 0.3 is 0 Å². The summed E-state index contributed by atoms with van der Waals surface area (Å²) in [6.45, 7) is -0.0172. The largest absolute Gasteiger partial charge is 0.458 e. The fraction of sp³-hybridized carbons (Fsp3) is 0. The molecule has 0 radical (unpaired) electrons. The van der Waals surface area contributed by atoms with Crippen molar-refractivity contribution in [3.63, 3.8) is 0 Å². The molecule has 8 aromatic rings. The molecule has 0 saturated heterocycles. The molecule has 0 N–H and O–H groups in total. The van der Waals surface area contributed by atoms with E-state index in [9.17, 15) is 0 Å². The number of hydrogen-bond acceptors (Lipinski definition) is 3. The third-order valence-corrected chi connectivity index (χ3v) is 8.23. The van der Waals surface area contributed by atoms with Crippen molar-refractivity contribution in [2.75, 3.05) is 0 Å². The van der Waals surface area contributed by atoms with E-state index in [4.69, 9.17) is 13.6 Å². The van der Waals surface area contributed by atoms with Gasteiger partial charge in [-0.05, 0) is 46.8 Å². The van der Waals surface area contributed by atoms with E-state index in [2.05, 4.69) is 91.0 Å². The van der Waals surface area contributed by atoms with Crippen molar-refractivity contribution in [3.8, 4) is 22.6 Å². The fourth-order valence-electron chi connectivity index (χ4n) is 6.50. The molecule has 186 valence electrons. The normalized spacial score (nSPS) is 12.7. The summed E-state index contributed by atoms with van der Waals surface area (Å²) in [5.74, 6) is 1.77. The van der Waals surface area contributed by atoms with E-state index in [1.165, 1.54) is 5.46 Å². The Morgan fingerprint density at radius 2 is 0.900 bits per heavy atom. The van der Waals surface area contributed by atoms with E-state index in [0.29, 0.717) is 0 Å². The second-order valence-corrected chi connectivity index (χ2v) is 10.4. The van der Waals surface area contributed by atoms with Gasteiger partial charge in [-0.15, -0.1) is 0 Å². The first-order valence-corrected chi connectivity index (χ1v) is 13.6. The maximum absolute atomic E-state index is 6.64. The molecule has 0 spiro atoms. The summed E-state index contributed by atoms with van der Waals surface area (Å²) in [5.41, 5.74) is 8.97. The van der Waals surface area contributed by atoms with Gasteiger partial charge in [-0.2, -0.15) is 0 Å². The lowest BCUT2D eigenvalue weighted by molar-refractivity contribution is 0.487. The Morgan fingerprint density at radius 3 is 1.50 bits per heavy atom. The van der Waals surface area contributed by atoms with Crippen LogP contribution in [0.15, 0.2) is 136 Å². The molecule has 0 atom stereocenters. The summed E-state index contributed by atoms with van der Waals surface area (Å²) in [6.07, 6.45) is 0. The first kappa shape index (κ1) is 21.7. The van der Waals surface area contributed by atoms with Crippen LogP contribution in [0.25, 0.3) is 55.0 Å². The average molecular weight is 512 g/mol. The van der Waals surface area contributed by atoms with E-state index in [1.807, 2.05) is 36.4 Å². The van der Waals surface area contributed by atoms with Crippen molar-refractivity contribution in [1.82, 2.24) is 0 Å². The number of rotatable bonds is 2. The van der Waals surface area contributed by atoms with Gasteiger partial charge in [0.25, 0.3) is 6.71 Å². The molecule has 4 heteroatoms. The Kier molecular flexibility index (Phi) is 4.41. The van der Waals surface area contributed by atoms with Crippen LogP contribution in [0, 0.1) is 0 Å². The summed E-state index contributed by atoms with van der Waals surface area (Å²) < 4.78 is 19.6. The maximum Gasteiger partial charge on any atom is 0.251 e. The van der Waals surface area contributed by atoms with Gasteiger partial charge < -0.3 is 13.6 Å². The zero-order chi connectivity index (χ0) is 26.2. The highest BCUT2D eigenvalue weighted by atomic mass is 16.5. The van der Waals surface area contributed by atoms with E-state index >= 15 is 0 Å². The second kappa shape index (κ2) is 8.14. The lowest BCUT2D eigenvalue weighted by Gasteiger charge is -2.27. The Bertz CT molecular complexity index is 2140. The Morgan fingerprint density at radius 1 is 0.425 bits per heavy atom. The fourth-order valence-corrected chi connectivity index (χ4v) is 6.50. The van der Waals surface area contributed by atoms with Gasteiger partial charge in [-0.25, -0.2) is 0 Å². The molecule has 0 aliphatic carbocycles. The minimum absolute atomic E-state index is 0.0172. The third kappa shape index (κ3) is 2.96. The molecular formula is C36H21BO3. The van der Waals surface area contributed by atoms with Crippen LogP contribution >= 0.6 is 0 Å². The molecule has 0 saturated carbocycles. The Balaban J connectivity index is 1.43. The molecule has 0 amide bonds. The van der Waals surface area contributed by atoms with Crippen molar-refractivity contribution in [2.45, 2.75) is 0 Å². The highest BCUT2D eigenvalue weighted by molar-refractivity contribution is 6.97. The number of hydrogen-bond donors (Lipinski definition) is 0. The van der Waals surface area contributed by atoms with Gasteiger partial charge in [0, 0.05) is 21.5 Å². The molecule has 1 aliphatic heterocycles. The average Bonchev–Trinajstić information content (AvgIpc) is 3.57. The lowest BCUT2D eigenvalue weighted by Crippen LogP contribution is -2.55. The molecule has 3 heterocycles. The number of ether oxygens (including phenoxy) is 1. The van der Waals surface area contributed by atoms with Gasteiger partial charge in [-0.3, -0.25) is 0 Å². The summed E-state index contributed by atoms with van der Waals surface area (Å²) >= 11 is 0. The number of furan rings is 2. The van der Waals surface area contributed by atoms with Crippen LogP contribution < -0.4 is 21.1 Å². The maximum atomic E-state index is 6.64. The zero-order valence-electron chi connectivity index (χ0n) is 21.4. The second-order valence-electron chi connectivity index (χ2n) is 10.4. The Hall–Kier alpha value is -5.22. The predicted octanol–water partition coefficient (Wildman–Crippen LogP) is 7.77. The standard InChI is InChI=1S/C36H21BO3/c1-4-14-27(37-28-15-5-9-19-32(28)38-33-20-10-6-16-29(33)37)24(13-1)34-35-25(22-11-2-7-17-30(22)39-35)21-26-23-12-3-8-18-31(23)40-36(26)34/h1-21H. The van der Waals surface area contributed by atoms with E-state index < -0.39 is 0 Å². The SMILES string of the molecule is c1ccc2c(c1)Oc1ccccc1B2c1ccccc1-c1c2oc3ccccc3c2cc2c1oc1ccccc12. The van der Waals surface area contributed by atoms with E-state index in [-0.39, 0.29) is 6.71 Å². The Labute approximate surface area is 230 Å². The van der Waals surface area contributed by atoms with Gasteiger partial charge in [0.15, 0.2) is 0 Å². The quantitative estimate of drug-likeness (QED) is 0.222. The van der Waals surface area contributed by atoms with Crippen LogP contribution in [0.1, 0.15) is 0 Å². The first-order chi connectivity index (χ1) is 19.8. The molecule has 0 bridgehead atoms. The van der Waals surface area contributed by atoms with Crippen LogP contribution in [-0.4, -0.2) is 6.71 Å². The van der Waals surface area contributed by atoms with Crippen molar-refractivity contribution in [2.24, 2.45) is 0 Å². The van der Waals surface area contributed by atoms with Gasteiger partial charge in [0.05, 0.1) is 5.56 Å². The molecule has 9 rings (SSSR count). The van der Waals surface area contributed by atoms with E-state index in [1.54, 1.807) is 0 Å². The van der Waals surface area contributed by atoms with Crippen molar-refractivity contribution in [3.05, 3.63) is 127 Å². The summed E-state index contributed by atoms with van der Waals surface area (Å²) in [4.78, 5) is 0. The summed E-state index contributed by atoms with van der Waals surface area (Å²) in [5, 5.41) is 4.38. The molecule has 40 heavy (non-hydrogen) atoms. The van der Waals surface area contributed by atoms with Crippen LogP contribution in [-0.2, 0) is 0 Å². The number of benzene rings is 6. The highest BCUT2D eigenvalue weighted by Crippen LogP contribution is 2.44. The highest BCUT2D eigenvalue weighted by Gasteiger charge is 2.34.